The molecule has 0 spiro atoms. The number of ether oxygens (including phenoxy) is 1. The van der Waals surface area contributed by atoms with Crippen molar-refractivity contribution in [3.05, 3.63) is 47.5 Å². The minimum Gasteiger partial charge on any atom is -0.481 e. The number of carbonyl (C=O) groups is 6. The summed E-state index contributed by atoms with van der Waals surface area (Å²) < 4.78 is 4.51. The van der Waals surface area contributed by atoms with Gasteiger partial charge in [0, 0.05) is 40.8 Å². The van der Waals surface area contributed by atoms with Crippen molar-refractivity contribution < 1.29 is 38.6 Å². The van der Waals surface area contributed by atoms with E-state index in [1.54, 1.807) is 42.3 Å². The fourth-order valence-electron chi connectivity index (χ4n) is 3.53. The molecular weight excluding hydrogens is 532 g/mol. The zero-order chi connectivity index (χ0) is 27.8. The molecule has 2 aliphatic heterocycles. The van der Waals surface area contributed by atoms with Crippen LogP contribution in [-0.4, -0.2) is 66.1 Å². The lowest BCUT2D eigenvalue weighted by atomic mass is 10.1. The fraction of sp³-hybridized carbons (Fsp3) is 0.308. The smallest absolute Gasteiger partial charge is 0.305 e. The van der Waals surface area contributed by atoms with E-state index in [-0.39, 0.29) is 49.1 Å². The second kappa shape index (κ2) is 13.2. The molecule has 38 heavy (non-hydrogen) atoms. The van der Waals surface area contributed by atoms with Crippen molar-refractivity contribution in [2.75, 3.05) is 35.9 Å². The highest BCUT2D eigenvalue weighted by Gasteiger charge is 2.23. The molecule has 2 aromatic rings. The number of carbonyl (C=O) groups excluding carboxylic acids is 5. The number of Topliss-reactive ketones (excluding diaryl/α,β-unsaturated/α-hetero) is 2. The molecule has 0 saturated heterocycles. The Morgan fingerprint density at radius 3 is 2.16 bits per heavy atom. The zero-order valence-corrected chi connectivity index (χ0v) is 22.4. The van der Waals surface area contributed by atoms with Crippen molar-refractivity contribution in [1.82, 2.24) is 0 Å². The van der Waals surface area contributed by atoms with Crippen LogP contribution in [0.5, 0.6) is 0 Å². The number of fused-ring (bicyclic) bond motifs is 2. The molecule has 12 heteroatoms. The number of amides is 2. The maximum Gasteiger partial charge on any atom is 0.305 e. The third-order valence-electron chi connectivity index (χ3n) is 5.65. The van der Waals surface area contributed by atoms with Gasteiger partial charge in [-0.1, -0.05) is 12.1 Å². The van der Waals surface area contributed by atoms with Crippen LogP contribution in [0, 0.1) is 0 Å². The average molecular weight is 559 g/mol. The summed E-state index contributed by atoms with van der Waals surface area (Å²) in [5, 5.41) is 11.2. The maximum absolute atomic E-state index is 12.0. The number of benzene rings is 2. The van der Waals surface area contributed by atoms with E-state index < -0.39 is 11.9 Å². The standard InChI is InChI=1S/C14H15NO4S.C12H11NO4S/c1-15-10-7-9(11(16)4-6-14(18)19-2)3-5-12(10)20-8-13(15)17;14-9(2-4-12(16)17)7-1-3-10-8(5-7)13-11(15)6-18-10/h3,5,7H,4,6,8H2,1-2H3;1,3,5H,2,4,6H2,(H,13,15)(H,16,17). The van der Waals surface area contributed by atoms with Gasteiger partial charge in [0.1, 0.15) is 0 Å². The summed E-state index contributed by atoms with van der Waals surface area (Å²) in [5.74, 6) is -1.05. The molecular formula is C26H26N2O8S2. The number of esters is 1. The lowest BCUT2D eigenvalue weighted by Gasteiger charge is -2.25. The summed E-state index contributed by atoms with van der Waals surface area (Å²) in [5.41, 5.74) is 2.31. The van der Waals surface area contributed by atoms with Gasteiger partial charge in [0.15, 0.2) is 11.6 Å². The number of anilines is 2. The van der Waals surface area contributed by atoms with Gasteiger partial charge in [0.25, 0.3) is 0 Å². The first-order valence-corrected chi connectivity index (χ1v) is 13.5. The number of nitrogens with zero attached hydrogens (tertiary/aromatic N) is 1. The highest BCUT2D eigenvalue weighted by molar-refractivity contribution is 8.00. The number of ketones is 2. The molecule has 2 heterocycles. The van der Waals surface area contributed by atoms with Crippen molar-refractivity contribution in [3.8, 4) is 0 Å². The number of rotatable bonds is 8. The van der Waals surface area contributed by atoms with Gasteiger partial charge in [-0.05, 0) is 24.3 Å². The van der Waals surface area contributed by atoms with Crippen molar-refractivity contribution >= 4 is 70.2 Å². The highest BCUT2D eigenvalue weighted by Crippen LogP contribution is 2.35. The van der Waals surface area contributed by atoms with Gasteiger partial charge >= 0.3 is 11.9 Å². The van der Waals surface area contributed by atoms with Crippen molar-refractivity contribution in [2.24, 2.45) is 0 Å². The van der Waals surface area contributed by atoms with E-state index in [0.29, 0.717) is 28.3 Å². The predicted molar refractivity (Wildman–Crippen MR) is 143 cm³/mol. The highest BCUT2D eigenvalue weighted by atomic mass is 32.2. The Balaban J connectivity index is 0.000000212. The minimum atomic E-state index is -0.995. The Kier molecular flexibility index (Phi) is 10.1. The molecule has 10 nitrogen and oxygen atoms in total. The van der Waals surface area contributed by atoms with Crippen LogP contribution in [0.2, 0.25) is 0 Å². The van der Waals surface area contributed by atoms with E-state index in [9.17, 15) is 28.8 Å². The number of hydrogen-bond acceptors (Lipinski definition) is 9. The summed E-state index contributed by atoms with van der Waals surface area (Å²) in [6.45, 7) is 0. The molecule has 0 aromatic heterocycles. The fourth-order valence-corrected chi connectivity index (χ4v) is 5.30. The lowest BCUT2D eigenvalue weighted by molar-refractivity contribution is -0.140. The number of carboxylic acids is 1. The first-order chi connectivity index (χ1) is 18.1. The van der Waals surface area contributed by atoms with E-state index in [4.69, 9.17) is 5.11 Å². The second-order valence-electron chi connectivity index (χ2n) is 8.29. The molecule has 4 rings (SSSR count). The third kappa shape index (κ3) is 7.68. The minimum absolute atomic E-state index is 0.0154. The van der Waals surface area contributed by atoms with Gasteiger partial charge in [0.05, 0.1) is 42.8 Å². The molecule has 200 valence electrons. The van der Waals surface area contributed by atoms with E-state index in [1.807, 2.05) is 6.07 Å². The lowest BCUT2D eigenvalue weighted by Crippen LogP contribution is -2.31. The topological polar surface area (TPSA) is 147 Å². The van der Waals surface area contributed by atoms with Gasteiger partial charge < -0.3 is 20.1 Å². The second-order valence-corrected chi connectivity index (χ2v) is 10.3. The number of methoxy groups -OCH3 is 1. The average Bonchev–Trinajstić information content (AvgIpc) is 2.91. The van der Waals surface area contributed by atoms with Crippen LogP contribution in [0.15, 0.2) is 46.2 Å². The van der Waals surface area contributed by atoms with Crippen LogP contribution in [-0.2, 0) is 23.9 Å². The van der Waals surface area contributed by atoms with Gasteiger partial charge in [0.2, 0.25) is 11.8 Å². The molecule has 0 atom stereocenters. The van der Waals surface area contributed by atoms with Crippen LogP contribution in [0.1, 0.15) is 46.4 Å². The molecule has 0 fully saturated rings. The number of thioether (sulfide) groups is 2. The van der Waals surface area contributed by atoms with Gasteiger partial charge in [-0.25, -0.2) is 0 Å². The Morgan fingerprint density at radius 2 is 1.50 bits per heavy atom. The Labute approximate surface area is 227 Å². The van der Waals surface area contributed by atoms with E-state index in [1.165, 1.54) is 30.6 Å². The van der Waals surface area contributed by atoms with Crippen LogP contribution >= 0.6 is 23.5 Å². The summed E-state index contributed by atoms with van der Waals surface area (Å²) in [6, 6.07) is 10.3. The van der Waals surface area contributed by atoms with Crippen LogP contribution in [0.25, 0.3) is 0 Å². The van der Waals surface area contributed by atoms with Crippen LogP contribution in [0.3, 0.4) is 0 Å². The monoisotopic (exact) mass is 558 g/mol. The molecule has 2 amide bonds. The predicted octanol–water partition coefficient (Wildman–Crippen LogP) is 3.67. The largest absolute Gasteiger partial charge is 0.481 e. The first-order valence-electron chi connectivity index (χ1n) is 11.5. The summed E-state index contributed by atoms with van der Waals surface area (Å²) in [4.78, 5) is 71.5. The molecule has 2 N–H and O–H groups in total. The summed E-state index contributed by atoms with van der Waals surface area (Å²) in [7, 11) is 2.99. The molecule has 0 aliphatic carbocycles. The Bertz CT molecular complexity index is 1290. The van der Waals surface area contributed by atoms with Crippen LogP contribution in [0.4, 0.5) is 11.4 Å². The Hall–Kier alpha value is -3.64. The molecule has 0 unspecified atom stereocenters. The van der Waals surface area contributed by atoms with Gasteiger partial charge in [-0.2, -0.15) is 0 Å². The van der Waals surface area contributed by atoms with Crippen LogP contribution < -0.4 is 10.2 Å². The molecule has 2 aliphatic rings. The van der Waals surface area contributed by atoms with Gasteiger partial charge in [-0.15, -0.1) is 23.5 Å². The van der Waals surface area contributed by atoms with Gasteiger partial charge in [-0.3, -0.25) is 28.8 Å². The SMILES string of the molecule is COC(=O)CCC(=O)c1ccc2c(c1)N(C)C(=O)CS2.O=C(O)CCC(=O)c1ccc2c(c1)NC(=O)CS2. The van der Waals surface area contributed by atoms with Crippen molar-refractivity contribution in [1.29, 1.82) is 0 Å². The maximum atomic E-state index is 12.0. The number of carboxylic acid groups (broad SMARTS) is 1. The number of nitrogens with one attached hydrogen (secondary N) is 1. The zero-order valence-electron chi connectivity index (χ0n) is 20.8. The number of hydrogen-bond donors (Lipinski definition) is 2. The Morgan fingerprint density at radius 1 is 0.895 bits per heavy atom. The molecule has 2 aromatic carbocycles. The summed E-state index contributed by atoms with van der Waals surface area (Å²) in [6.07, 6.45) is -0.0432. The molecule has 0 bridgehead atoms. The normalized spacial score (nSPS) is 13.8. The van der Waals surface area contributed by atoms with E-state index in [0.717, 1.165) is 15.5 Å². The molecule has 0 radical (unpaired) electrons. The first kappa shape index (κ1) is 28.9. The third-order valence-corrected chi connectivity index (χ3v) is 7.77. The summed E-state index contributed by atoms with van der Waals surface area (Å²) >= 11 is 2.88. The van der Waals surface area contributed by atoms with E-state index in [2.05, 4.69) is 10.1 Å². The quantitative estimate of drug-likeness (QED) is 0.363. The van der Waals surface area contributed by atoms with E-state index >= 15 is 0 Å². The molecule has 0 saturated carbocycles. The van der Waals surface area contributed by atoms with Crippen molar-refractivity contribution in [2.45, 2.75) is 35.5 Å². The number of aliphatic carboxylic acids is 1. The van der Waals surface area contributed by atoms with Crippen molar-refractivity contribution in [3.63, 3.8) is 0 Å².